The summed E-state index contributed by atoms with van der Waals surface area (Å²) in [6.45, 7) is 7.49. The van der Waals surface area contributed by atoms with E-state index < -0.39 is 23.4 Å². The van der Waals surface area contributed by atoms with Crippen LogP contribution in [0.1, 0.15) is 86.7 Å². The SMILES string of the molecule is CC1(C)OCCCC1c1ccc(F)cc1C(C(=O)O)N1CC(OCCCCCc2ccc3c(n2)NCCC3)C1. The van der Waals surface area contributed by atoms with Gasteiger partial charge in [0.25, 0.3) is 0 Å². The highest BCUT2D eigenvalue weighted by Gasteiger charge is 2.42. The quantitative estimate of drug-likeness (QED) is 0.365. The Bertz CT molecular complexity index is 1150. The predicted molar refractivity (Wildman–Crippen MR) is 149 cm³/mol. The fourth-order valence-corrected chi connectivity index (χ4v) is 6.32. The number of aromatic nitrogens is 1. The topological polar surface area (TPSA) is 83.9 Å². The molecule has 1 aromatic carbocycles. The van der Waals surface area contributed by atoms with Gasteiger partial charge in [0.05, 0.1) is 11.7 Å². The van der Waals surface area contributed by atoms with Gasteiger partial charge in [0, 0.05) is 44.5 Å². The van der Waals surface area contributed by atoms with Crippen molar-refractivity contribution in [2.75, 3.05) is 38.2 Å². The van der Waals surface area contributed by atoms with Crippen LogP contribution < -0.4 is 5.32 Å². The van der Waals surface area contributed by atoms with E-state index in [0.29, 0.717) is 31.9 Å². The fraction of sp³-hybridized carbons (Fsp3) is 0.613. The molecular formula is C31H42FN3O4. The number of nitrogens with zero attached hydrogens (tertiary/aromatic N) is 2. The summed E-state index contributed by atoms with van der Waals surface area (Å²) in [6.07, 6.45) is 8.14. The highest BCUT2D eigenvalue weighted by molar-refractivity contribution is 5.76. The fourth-order valence-electron chi connectivity index (χ4n) is 6.32. The van der Waals surface area contributed by atoms with Crippen LogP contribution in [0.2, 0.25) is 0 Å². The van der Waals surface area contributed by atoms with Gasteiger partial charge >= 0.3 is 5.97 Å². The number of likely N-dealkylation sites (tertiary alicyclic amines) is 1. The highest BCUT2D eigenvalue weighted by Crippen LogP contribution is 2.43. The standard InChI is InChI=1S/C31H42FN3O4/c1-31(2)27(10-7-17-39-31)25-14-12-22(32)18-26(25)28(30(36)37)35-19-24(20-35)38-16-5-3-4-9-23-13-11-21-8-6-15-33-29(21)34-23/h11-14,18,24,27-28H,3-10,15-17,19-20H2,1-2H3,(H,33,34)(H,36,37). The van der Waals surface area contributed by atoms with Gasteiger partial charge in [-0.1, -0.05) is 18.6 Å². The van der Waals surface area contributed by atoms with Gasteiger partial charge in [0.1, 0.15) is 17.7 Å². The van der Waals surface area contributed by atoms with Gasteiger partial charge in [-0.25, -0.2) is 9.37 Å². The molecule has 39 heavy (non-hydrogen) atoms. The van der Waals surface area contributed by atoms with Gasteiger partial charge in [-0.05, 0) is 93.7 Å². The Hall–Kier alpha value is -2.55. The minimum absolute atomic E-state index is 0.00620. The molecule has 0 amide bonds. The molecule has 3 aliphatic rings. The number of halogens is 1. The summed E-state index contributed by atoms with van der Waals surface area (Å²) < 4.78 is 26.4. The molecule has 0 saturated carbocycles. The summed E-state index contributed by atoms with van der Waals surface area (Å²) in [4.78, 5) is 19.1. The number of ether oxygens (including phenoxy) is 2. The average molecular weight is 540 g/mol. The van der Waals surface area contributed by atoms with Gasteiger partial charge < -0.3 is 19.9 Å². The van der Waals surface area contributed by atoms with E-state index in [4.69, 9.17) is 14.5 Å². The lowest BCUT2D eigenvalue weighted by atomic mass is 9.76. The molecule has 0 radical (unpaired) electrons. The zero-order valence-corrected chi connectivity index (χ0v) is 23.3. The van der Waals surface area contributed by atoms with Crippen molar-refractivity contribution in [2.24, 2.45) is 0 Å². The average Bonchev–Trinajstić information content (AvgIpc) is 2.88. The first-order valence-corrected chi connectivity index (χ1v) is 14.6. The van der Waals surface area contributed by atoms with E-state index in [1.807, 2.05) is 18.7 Å². The number of carboxylic acids is 1. The Morgan fingerprint density at radius 2 is 2.08 bits per heavy atom. The molecule has 2 saturated heterocycles. The van der Waals surface area contributed by atoms with Crippen molar-refractivity contribution in [3.63, 3.8) is 0 Å². The first kappa shape index (κ1) is 28.0. The third kappa shape index (κ3) is 6.61. The Balaban J connectivity index is 1.10. The molecule has 3 aliphatic heterocycles. The van der Waals surface area contributed by atoms with Crippen molar-refractivity contribution < 1.29 is 23.8 Å². The molecule has 0 aliphatic carbocycles. The van der Waals surface area contributed by atoms with Crippen molar-refractivity contribution in [1.82, 2.24) is 9.88 Å². The van der Waals surface area contributed by atoms with Crippen molar-refractivity contribution >= 4 is 11.8 Å². The molecule has 1 aromatic heterocycles. The van der Waals surface area contributed by atoms with Gasteiger partial charge in [-0.2, -0.15) is 0 Å². The smallest absolute Gasteiger partial charge is 0.325 e. The number of nitrogens with one attached hydrogen (secondary N) is 1. The molecule has 2 N–H and O–H groups in total. The molecule has 7 nitrogen and oxygen atoms in total. The number of aliphatic carboxylic acids is 1. The molecular weight excluding hydrogens is 497 g/mol. The van der Waals surface area contributed by atoms with Crippen molar-refractivity contribution in [3.05, 3.63) is 58.5 Å². The van der Waals surface area contributed by atoms with Gasteiger partial charge in [0.15, 0.2) is 0 Å². The van der Waals surface area contributed by atoms with E-state index in [-0.39, 0.29) is 12.0 Å². The van der Waals surface area contributed by atoms with E-state index in [9.17, 15) is 14.3 Å². The van der Waals surface area contributed by atoms with E-state index >= 15 is 0 Å². The van der Waals surface area contributed by atoms with Crippen molar-refractivity contribution in [2.45, 2.75) is 88.9 Å². The molecule has 0 bridgehead atoms. The van der Waals surface area contributed by atoms with Crippen molar-refractivity contribution in [1.29, 1.82) is 0 Å². The van der Waals surface area contributed by atoms with Crippen molar-refractivity contribution in [3.8, 4) is 0 Å². The lowest BCUT2D eigenvalue weighted by Gasteiger charge is -2.44. The summed E-state index contributed by atoms with van der Waals surface area (Å²) in [6, 6.07) is 8.05. The monoisotopic (exact) mass is 539 g/mol. The molecule has 2 aromatic rings. The van der Waals surface area contributed by atoms with Crippen LogP contribution in [0.5, 0.6) is 0 Å². The summed E-state index contributed by atoms with van der Waals surface area (Å²) >= 11 is 0. The summed E-state index contributed by atoms with van der Waals surface area (Å²) in [5, 5.41) is 13.6. The number of benzene rings is 1. The van der Waals surface area contributed by atoms with Crippen LogP contribution in [0.25, 0.3) is 0 Å². The number of anilines is 1. The second kappa shape index (κ2) is 12.3. The van der Waals surface area contributed by atoms with Crippen LogP contribution in [-0.4, -0.2) is 65.5 Å². The number of carbonyl (C=O) groups is 1. The number of hydrogen-bond acceptors (Lipinski definition) is 6. The largest absolute Gasteiger partial charge is 0.480 e. The number of pyridine rings is 1. The number of hydrogen-bond donors (Lipinski definition) is 2. The summed E-state index contributed by atoms with van der Waals surface area (Å²) in [5.41, 5.74) is 3.44. The van der Waals surface area contributed by atoms with Crippen LogP contribution in [-0.2, 0) is 27.1 Å². The maximum absolute atomic E-state index is 14.4. The highest BCUT2D eigenvalue weighted by atomic mass is 19.1. The molecule has 212 valence electrons. The second-order valence-electron chi connectivity index (χ2n) is 11.8. The van der Waals surface area contributed by atoms with Crippen LogP contribution in [0.3, 0.4) is 0 Å². The van der Waals surface area contributed by atoms with E-state index in [0.717, 1.165) is 68.6 Å². The number of carboxylic acid groups (broad SMARTS) is 1. The molecule has 0 spiro atoms. The number of unbranched alkanes of at least 4 members (excludes halogenated alkanes) is 2. The van der Waals surface area contributed by atoms with E-state index in [2.05, 4.69) is 17.4 Å². The Morgan fingerprint density at radius 1 is 1.23 bits per heavy atom. The molecule has 2 atom stereocenters. The maximum Gasteiger partial charge on any atom is 0.325 e. The minimum Gasteiger partial charge on any atom is -0.480 e. The second-order valence-corrected chi connectivity index (χ2v) is 11.8. The van der Waals surface area contributed by atoms with Gasteiger partial charge in [-0.3, -0.25) is 9.69 Å². The predicted octanol–water partition coefficient (Wildman–Crippen LogP) is 5.49. The zero-order chi connectivity index (χ0) is 27.4. The lowest BCUT2D eigenvalue weighted by molar-refractivity contribution is -0.151. The third-order valence-corrected chi connectivity index (χ3v) is 8.53. The van der Waals surface area contributed by atoms with Gasteiger partial charge in [0.2, 0.25) is 0 Å². The Kier molecular flexibility index (Phi) is 8.84. The zero-order valence-electron chi connectivity index (χ0n) is 23.3. The number of rotatable bonds is 11. The van der Waals surface area contributed by atoms with Crippen LogP contribution in [0, 0.1) is 5.82 Å². The van der Waals surface area contributed by atoms with Crippen LogP contribution >= 0.6 is 0 Å². The molecule has 4 heterocycles. The Morgan fingerprint density at radius 3 is 2.87 bits per heavy atom. The minimum atomic E-state index is -0.958. The van der Waals surface area contributed by atoms with E-state index in [1.165, 1.54) is 24.1 Å². The maximum atomic E-state index is 14.4. The number of aryl methyl sites for hydroxylation is 2. The summed E-state index contributed by atoms with van der Waals surface area (Å²) in [7, 11) is 0. The van der Waals surface area contributed by atoms with E-state index in [1.54, 1.807) is 6.07 Å². The van der Waals surface area contributed by atoms with Crippen LogP contribution in [0.15, 0.2) is 30.3 Å². The molecule has 5 rings (SSSR count). The van der Waals surface area contributed by atoms with Gasteiger partial charge in [-0.15, -0.1) is 0 Å². The molecule has 2 fully saturated rings. The first-order valence-electron chi connectivity index (χ1n) is 14.6. The van der Waals surface area contributed by atoms with Crippen LogP contribution in [0.4, 0.5) is 10.2 Å². The molecule has 2 unspecified atom stereocenters. The molecule has 8 heteroatoms. The summed E-state index contributed by atoms with van der Waals surface area (Å²) in [5.74, 6) is -0.298. The number of fused-ring (bicyclic) bond motifs is 1. The lowest BCUT2D eigenvalue weighted by Crippen LogP contribution is -2.55. The third-order valence-electron chi connectivity index (χ3n) is 8.53. The Labute approximate surface area is 231 Å². The normalized spacial score (nSPS) is 22.0. The first-order chi connectivity index (χ1) is 18.8.